The van der Waals surface area contributed by atoms with E-state index in [1.54, 1.807) is 18.5 Å². The van der Waals surface area contributed by atoms with Gasteiger partial charge in [0.25, 0.3) is 6.21 Å². The van der Waals surface area contributed by atoms with Crippen molar-refractivity contribution in [3.8, 4) is 11.1 Å². The lowest BCUT2D eigenvalue weighted by Crippen LogP contribution is -1.91. The van der Waals surface area contributed by atoms with Gasteiger partial charge in [-0.25, -0.2) is 0 Å². The molecule has 168 valence electrons. The second-order valence-electron chi connectivity index (χ2n) is 7.84. The summed E-state index contributed by atoms with van der Waals surface area (Å²) in [5.41, 5.74) is 15.6. The van der Waals surface area contributed by atoms with E-state index >= 15 is 0 Å². The van der Waals surface area contributed by atoms with E-state index in [1.165, 1.54) is 5.56 Å². The van der Waals surface area contributed by atoms with E-state index in [4.69, 9.17) is 5.73 Å². The fourth-order valence-corrected chi connectivity index (χ4v) is 3.41. The average Bonchev–Trinajstić information content (AvgIpc) is 3.41. The van der Waals surface area contributed by atoms with Crippen LogP contribution in [0.15, 0.2) is 121 Å². The quantitative estimate of drug-likeness (QED) is 0.363. The lowest BCUT2D eigenvalue weighted by Gasteiger charge is -2.07. The number of hydrogen-bond acceptors (Lipinski definition) is 2. The number of hydrogen-bond donors (Lipinski definition) is 1. The smallest absolute Gasteiger partial charge is 0.302 e. The van der Waals surface area contributed by atoms with E-state index in [-0.39, 0.29) is 0 Å². The molecule has 3 rings (SSSR count). The zero-order valence-corrected chi connectivity index (χ0v) is 19.8. The van der Waals surface area contributed by atoms with E-state index in [2.05, 4.69) is 66.7 Å². The molecule has 3 heteroatoms. The van der Waals surface area contributed by atoms with E-state index in [9.17, 15) is 0 Å². The van der Waals surface area contributed by atoms with E-state index in [1.807, 2.05) is 55.8 Å². The van der Waals surface area contributed by atoms with Crippen molar-refractivity contribution in [3.63, 3.8) is 0 Å². The van der Waals surface area contributed by atoms with Gasteiger partial charge in [0.15, 0.2) is 0 Å². The molecule has 3 nitrogen and oxygen atoms in total. The molecule has 0 aliphatic carbocycles. The maximum absolute atomic E-state index is 5.67. The van der Waals surface area contributed by atoms with Gasteiger partial charge in [-0.3, -0.25) is 4.98 Å². The normalized spacial score (nSPS) is 13.6. The predicted octanol–water partition coefficient (Wildman–Crippen LogP) is 6.32. The van der Waals surface area contributed by atoms with Gasteiger partial charge in [0.05, 0.1) is 11.3 Å². The summed E-state index contributed by atoms with van der Waals surface area (Å²) in [4.78, 5) is 4.60. The van der Waals surface area contributed by atoms with Crippen LogP contribution in [0.25, 0.3) is 22.8 Å². The minimum atomic E-state index is 0.826. The molecule has 2 N–H and O–H groups in total. The number of nitrogens with two attached hydrogens (primary N) is 1. The Kier molecular flexibility index (Phi) is 8.12. The van der Waals surface area contributed by atoms with E-state index < -0.39 is 0 Å². The molecule has 0 radical (unpaired) electrons. The summed E-state index contributed by atoms with van der Waals surface area (Å²) >= 11 is 0. The van der Waals surface area contributed by atoms with Crippen LogP contribution in [-0.4, -0.2) is 17.4 Å². The Morgan fingerprint density at radius 2 is 1.76 bits per heavy atom. The summed E-state index contributed by atoms with van der Waals surface area (Å²) in [5, 5.41) is 0. The second-order valence-corrected chi connectivity index (χ2v) is 7.84. The molecule has 2 heterocycles. The first-order valence-corrected chi connectivity index (χ1v) is 11.1. The summed E-state index contributed by atoms with van der Waals surface area (Å²) in [6, 6.07) is 10.5. The van der Waals surface area contributed by atoms with Gasteiger partial charge in [0.2, 0.25) is 0 Å². The van der Waals surface area contributed by atoms with Crippen LogP contribution in [0, 0.1) is 6.92 Å². The average molecular weight is 445 g/mol. The Hall–Kier alpha value is -4.46. The van der Waals surface area contributed by atoms with Gasteiger partial charge in [-0.05, 0) is 65.0 Å². The van der Waals surface area contributed by atoms with Crippen molar-refractivity contribution >= 4 is 24.1 Å². The zero-order chi connectivity index (χ0) is 24.5. The molecular weight excluding hydrogens is 414 g/mol. The molecule has 0 saturated heterocycles. The highest BCUT2D eigenvalue weighted by molar-refractivity contribution is 6.16. The molecule has 1 aromatic heterocycles. The highest BCUT2D eigenvalue weighted by Crippen LogP contribution is 2.25. The third-order valence-electron chi connectivity index (χ3n) is 5.61. The molecule has 0 saturated carbocycles. The Balaban J connectivity index is 1.74. The summed E-state index contributed by atoms with van der Waals surface area (Å²) in [5.74, 6) is 0. The molecule has 0 atom stereocenters. The van der Waals surface area contributed by atoms with Gasteiger partial charge < -0.3 is 5.73 Å². The van der Waals surface area contributed by atoms with Crippen molar-refractivity contribution < 1.29 is 0 Å². The zero-order valence-electron chi connectivity index (χ0n) is 19.8. The first-order valence-electron chi connectivity index (χ1n) is 11.1. The fraction of sp³-hybridized carbons (Fsp3) is 0.0645. The summed E-state index contributed by atoms with van der Waals surface area (Å²) in [7, 11) is 0. The predicted molar refractivity (Wildman–Crippen MR) is 149 cm³/mol. The van der Waals surface area contributed by atoms with Gasteiger partial charge in [-0.1, -0.05) is 74.4 Å². The molecule has 1 aliphatic heterocycles. The van der Waals surface area contributed by atoms with Crippen LogP contribution in [0.3, 0.4) is 0 Å². The SMILES string of the molecule is C=CC(=C\N)/C(/C=C\C(=C)C(=C)/C=C\c1cc(-c2ccc(C3=CC=[N+]=C3)nc2)ccc1C)=C/C. The standard InChI is InChI=1S/C31H30N3/c1-6-25(26(7-2)19-32)11-8-22(3)23(4)9-12-27-18-28(13-10-24(27)5)29-14-15-31(34-21-29)30-16-17-33-20-30/h6-21H,2-4,32H2,1,5H3/q+1/b11-8-,12-9-,25-6+,26-19+. The van der Waals surface area contributed by atoms with Crippen LogP contribution < -0.4 is 10.4 Å². The summed E-state index contributed by atoms with van der Waals surface area (Å²) in [6.07, 6.45) is 20.7. The highest BCUT2D eigenvalue weighted by atomic mass is 14.7. The highest BCUT2D eigenvalue weighted by Gasteiger charge is 2.10. The third kappa shape index (κ3) is 5.86. The molecular formula is C31H30N3+. The minimum Gasteiger partial charge on any atom is -0.404 e. The molecule has 1 aliphatic rings. The first-order chi connectivity index (χ1) is 16.5. The molecule has 1 aromatic carbocycles. The number of allylic oxidation sites excluding steroid dienone is 11. The number of benzene rings is 1. The van der Waals surface area contributed by atoms with Crippen molar-refractivity contribution in [1.29, 1.82) is 0 Å². The van der Waals surface area contributed by atoms with E-state index in [0.29, 0.717) is 0 Å². The van der Waals surface area contributed by atoms with Gasteiger partial charge in [-0.15, -0.1) is 4.67 Å². The number of pyridine rings is 1. The number of rotatable bonds is 9. The number of aryl methyl sites for hydroxylation is 1. The van der Waals surface area contributed by atoms with E-state index in [0.717, 1.165) is 50.2 Å². The maximum atomic E-state index is 5.67. The molecule has 2 aromatic rings. The van der Waals surface area contributed by atoms with Crippen molar-refractivity contribution in [3.05, 3.63) is 138 Å². The number of nitrogens with zero attached hydrogens (tertiary/aromatic N) is 2. The molecule has 0 bridgehead atoms. The fourth-order valence-electron chi connectivity index (χ4n) is 3.41. The van der Waals surface area contributed by atoms with Gasteiger partial charge in [0, 0.05) is 24.0 Å². The minimum absolute atomic E-state index is 0.826. The van der Waals surface area contributed by atoms with Crippen molar-refractivity contribution in [1.82, 2.24) is 9.65 Å². The Labute approximate surface area is 202 Å². The second kappa shape index (κ2) is 11.4. The number of aromatic nitrogens is 1. The lowest BCUT2D eigenvalue weighted by atomic mass is 9.98. The maximum Gasteiger partial charge on any atom is 0.302 e. The third-order valence-corrected chi connectivity index (χ3v) is 5.61. The van der Waals surface area contributed by atoms with Crippen molar-refractivity contribution in [2.45, 2.75) is 13.8 Å². The molecule has 0 unspecified atom stereocenters. The molecule has 0 spiro atoms. The van der Waals surface area contributed by atoms with Crippen LogP contribution in [-0.2, 0) is 0 Å². The molecule has 0 amide bonds. The Morgan fingerprint density at radius 3 is 2.38 bits per heavy atom. The van der Waals surface area contributed by atoms with Crippen LogP contribution >= 0.6 is 0 Å². The summed E-state index contributed by atoms with van der Waals surface area (Å²) < 4.78 is 4.11. The van der Waals surface area contributed by atoms with Crippen LogP contribution in [0.1, 0.15) is 23.7 Å². The lowest BCUT2D eigenvalue weighted by molar-refractivity contribution is 1.29. The molecule has 0 fully saturated rings. The van der Waals surface area contributed by atoms with Crippen molar-refractivity contribution in [2.24, 2.45) is 5.73 Å². The monoisotopic (exact) mass is 444 g/mol. The topological polar surface area (TPSA) is 53.0 Å². The van der Waals surface area contributed by atoms with Crippen molar-refractivity contribution in [2.75, 3.05) is 0 Å². The largest absolute Gasteiger partial charge is 0.404 e. The van der Waals surface area contributed by atoms with Gasteiger partial charge >= 0.3 is 6.21 Å². The van der Waals surface area contributed by atoms with Crippen LogP contribution in [0.4, 0.5) is 0 Å². The summed E-state index contributed by atoms with van der Waals surface area (Å²) in [6.45, 7) is 16.2. The van der Waals surface area contributed by atoms with Gasteiger partial charge in [0.1, 0.15) is 0 Å². The first kappa shape index (κ1) is 24.2. The van der Waals surface area contributed by atoms with Crippen LogP contribution in [0.5, 0.6) is 0 Å². The van der Waals surface area contributed by atoms with Gasteiger partial charge in [-0.2, -0.15) is 0 Å². The molecule has 34 heavy (non-hydrogen) atoms. The Morgan fingerprint density at radius 1 is 1.00 bits per heavy atom. The Bertz CT molecular complexity index is 1330. The van der Waals surface area contributed by atoms with Crippen LogP contribution in [0.2, 0.25) is 0 Å².